The predicted octanol–water partition coefficient (Wildman–Crippen LogP) is 4.98. The van der Waals surface area contributed by atoms with Gasteiger partial charge in [-0.3, -0.25) is 13.9 Å². The fraction of sp³-hybridized carbons (Fsp3) is 0.286. The van der Waals surface area contributed by atoms with Crippen molar-refractivity contribution in [3.63, 3.8) is 0 Å². The quantitative estimate of drug-likeness (QED) is 0.405. The van der Waals surface area contributed by atoms with Gasteiger partial charge in [0.2, 0.25) is 15.9 Å². The molecule has 0 saturated carbocycles. The van der Waals surface area contributed by atoms with Crippen LogP contribution >= 0.6 is 0 Å². The summed E-state index contributed by atoms with van der Waals surface area (Å²) in [5, 5.41) is 5.77. The summed E-state index contributed by atoms with van der Waals surface area (Å²) in [6.45, 7) is 5.84. The summed E-state index contributed by atoms with van der Waals surface area (Å²) in [5.74, 6) is -0.582. The molecule has 0 spiro atoms. The first-order valence-corrected chi connectivity index (χ1v) is 13.7. The number of hydrogen-bond donors (Lipinski definition) is 2. The van der Waals surface area contributed by atoms with E-state index in [-0.39, 0.29) is 30.8 Å². The van der Waals surface area contributed by atoms with Crippen LogP contribution in [0.15, 0.2) is 72.8 Å². The Bertz CT molecular complexity index is 1320. The molecule has 190 valence electrons. The van der Waals surface area contributed by atoms with Gasteiger partial charge in [0.1, 0.15) is 0 Å². The highest BCUT2D eigenvalue weighted by Crippen LogP contribution is 2.25. The average Bonchev–Trinajstić information content (AvgIpc) is 2.83. The number of aryl methyl sites for hydroxylation is 2. The Morgan fingerprint density at radius 2 is 1.61 bits per heavy atom. The zero-order valence-corrected chi connectivity index (χ0v) is 21.9. The van der Waals surface area contributed by atoms with Gasteiger partial charge in [-0.2, -0.15) is 0 Å². The van der Waals surface area contributed by atoms with Crippen LogP contribution < -0.4 is 14.9 Å². The van der Waals surface area contributed by atoms with Crippen LogP contribution in [-0.4, -0.2) is 33.0 Å². The van der Waals surface area contributed by atoms with E-state index in [4.69, 9.17) is 0 Å². The molecule has 0 fully saturated rings. The average molecular weight is 508 g/mol. The second-order valence-electron chi connectivity index (χ2n) is 8.93. The molecule has 0 aliphatic heterocycles. The van der Waals surface area contributed by atoms with Crippen molar-refractivity contribution in [1.29, 1.82) is 0 Å². The number of benzene rings is 3. The summed E-state index contributed by atoms with van der Waals surface area (Å²) in [6, 6.07) is 21.9. The van der Waals surface area contributed by atoms with Gasteiger partial charge in [0.05, 0.1) is 29.2 Å². The molecular formula is C28H33N3O4S. The van der Waals surface area contributed by atoms with E-state index >= 15 is 0 Å². The predicted molar refractivity (Wildman–Crippen MR) is 145 cm³/mol. The number of sulfonamides is 1. The zero-order valence-electron chi connectivity index (χ0n) is 21.1. The van der Waals surface area contributed by atoms with Crippen molar-refractivity contribution in [2.75, 3.05) is 22.4 Å². The summed E-state index contributed by atoms with van der Waals surface area (Å²) < 4.78 is 26.2. The fourth-order valence-corrected chi connectivity index (χ4v) is 4.95. The van der Waals surface area contributed by atoms with Crippen LogP contribution in [0.2, 0.25) is 0 Å². The highest BCUT2D eigenvalue weighted by Gasteiger charge is 2.20. The molecule has 2 amide bonds. The van der Waals surface area contributed by atoms with Gasteiger partial charge >= 0.3 is 0 Å². The molecule has 0 bridgehead atoms. The lowest BCUT2D eigenvalue weighted by molar-refractivity contribution is -0.116. The molecule has 0 aliphatic carbocycles. The summed E-state index contributed by atoms with van der Waals surface area (Å²) in [7, 11) is -3.52. The van der Waals surface area contributed by atoms with Gasteiger partial charge < -0.3 is 10.6 Å². The third-order valence-electron chi connectivity index (χ3n) is 5.89. The molecule has 0 aliphatic rings. The first-order chi connectivity index (χ1) is 17.1. The molecule has 0 saturated heterocycles. The van der Waals surface area contributed by atoms with Crippen molar-refractivity contribution in [2.45, 2.75) is 39.7 Å². The molecule has 3 aromatic rings. The Labute approximate surface area is 213 Å². The first kappa shape index (κ1) is 26.9. The third kappa shape index (κ3) is 7.18. The Kier molecular flexibility index (Phi) is 8.88. The van der Waals surface area contributed by atoms with Gasteiger partial charge in [-0.15, -0.1) is 0 Å². The van der Waals surface area contributed by atoms with Gasteiger partial charge in [-0.05, 0) is 62.1 Å². The van der Waals surface area contributed by atoms with Crippen LogP contribution in [0.25, 0.3) is 0 Å². The molecule has 3 aromatic carbocycles. The SMILES string of the molecule is Cc1ccc(C)c(N(CCCC(=O)Nc2ccccc2C(=O)NC(C)c2ccccc2)S(C)(=O)=O)c1. The Morgan fingerprint density at radius 1 is 0.944 bits per heavy atom. The molecular weight excluding hydrogens is 474 g/mol. The smallest absolute Gasteiger partial charge is 0.253 e. The number of carbonyl (C=O) groups excluding carboxylic acids is 2. The van der Waals surface area contributed by atoms with Crippen molar-refractivity contribution in [1.82, 2.24) is 5.32 Å². The lowest BCUT2D eigenvalue weighted by atomic mass is 10.1. The highest BCUT2D eigenvalue weighted by atomic mass is 32.2. The van der Waals surface area contributed by atoms with Gasteiger partial charge in [0.15, 0.2) is 0 Å². The van der Waals surface area contributed by atoms with Crippen LogP contribution in [-0.2, 0) is 14.8 Å². The lowest BCUT2D eigenvalue weighted by Crippen LogP contribution is -2.32. The maximum absolute atomic E-state index is 12.9. The topological polar surface area (TPSA) is 95.6 Å². The van der Waals surface area contributed by atoms with Gasteiger partial charge in [-0.25, -0.2) is 8.42 Å². The molecule has 7 nitrogen and oxygen atoms in total. The summed E-state index contributed by atoms with van der Waals surface area (Å²) >= 11 is 0. The van der Waals surface area contributed by atoms with Crippen molar-refractivity contribution in [3.05, 3.63) is 95.1 Å². The van der Waals surface area contributed by atoms with Gasteiger partial charge in [0.25, 0.3) is 5.91 Å². The Hall–Kier alpha value is -3.65. The molecule has 1 unspecified atom stereocenters. The van der Waals surface area contributed by atoms with E-state index in [0.29, 0.717) is 23.4 Å². The number of rotatable bonds is 10. The number of nitrogens with one attached hydrogen (secondary N) is 2. The van der Waals surface area contributed by atoms with Gasteiger partial charge in [-0.1, -0.05) is 54.6 Å². The van der Waals surface area contributed by atoms with E-state index in [2.05, 4.69) is 10.6 Å². The largest absolute Gasteiger partial charge is 0.345 e. The molecule has 0 radical (unpaired) electrons. The second kappa shape index (κ2) is 11.9. The number of amides is 2. The third-order valence-corrected chi connectivity index (χ3v) is 7.07. The summed E-state index contributed by atoms with van der Waals surface area (Å²) in [6.07, 6.45) is 1.60. The van der Waals surface area contributed by atoms with E-state index in [1.165, 1.54) is 10.6 Å². The van der Waals surface area contributed by atoms with E-state index < -0.39 is 10.0 Å². The normalized spacial score (nSPS) is 12.0. The van der Waals surface area contributed by atoms with Crippen molar-refractivity contribution in [3.8, 4) is 0 Å². The Morgan fingerprint density at radius 3 is 2.31 bits per heavy atom. The number of para-hydroxylation sites is 1. The van der Waals surface area contributed by atoms with E-state index in [9.17, 15) is 18.0 Å². The number of hydrogen-bond acceptors (Lipinski definition) is 4. The molecule has 36 heavy (non-hydrogen) atoms. The molecule has 1 atom stereocenters. The first-order valence-electron chi connectivity index (χ1n) is 11.9. The maximum Gasteiger partial charge on any atom is 0.253 e. The van der Waals surface area contributed by atoms with E-state index in [0.717, 1.165) is 16.7 Å². The molecule has 8 heteroatoms. The van der Waals surface area contributed by atoms with Crippen LogP contribution in [0, 0.1) is 13.8 Å². The van der Waals surface area contributed by atoms with Crippen molar-refractivity contribution >= 4 is 33.2 Å². The molecule has 0 aromatic heterocycles. The van der Waals surface area contributed by atoms with E-state index in [1.807, 2.05) is 69.3 Å². The Balaban J connectivity index is 1.64. The van der Waals surface area contributed by atoms with Crippen LogP contribution in [0.1, 0.15) is 52.9 Å². The molecule has 3 rings (SSSR count). The van der Waals surface area contributed by atoms with Gasteiger partial charge in [0, 0.05) is 13.0 Å². The number of anilines is 2. The van der Waals surface area contributed by atoms with Crippen LogP contribution in [0.5, 0.6) is 0 Å². The van der Waals surface area contributed by atoms with Crippen molar-refractivity contribution < 1.29 is 18.0 Å². The standard InChI is InChI=1S/C28H33N3O4S/c1-20-16-17-21(2)26(19-20)31(36(4,34)35)18-10-15-27(32)30-25-14-9-8-13-24(25)28(33)29-22(3)23-11-6-5-7-12-23/h5-9,11-14,16-17,19,22H,10,15,18H2,1-4H3,(H,29,33)(H,30,32). The second-order valence-corrected chi connectivity index (χ2v) is 10.8. The van der Waals surface area contributed by atoms with Crippen LogP contribution in [0.4, 0.5) is 11.4 Å². The minimum absolute atomic E-state index is 0.104. The maximum atomic E-state index is 12.9. The molecule has 2 N–H and O–H groups in total. The minimum Gasteiger partial charge on any atom is -0.345 e. The van der Waals surface area contributed by atoms with Crippen molar-refractivity contribution in [2.24, 2.45) is 0 Å². The lowest BCUT2D eigenvalue weighted by Gasteiger charge is -2.24. The molecule has 0 heterocycles. The number of carbonyl (C=O) groups is 2. The monoisotopic (exact) mass is 507 g/mol. The van der Waals surface area contributed by atoms with E-state index in [1.54, 1.807) is 24.3 Å². The minimum atomic E-state index is -3.52. The zero-order chi connectivity index (χ0) is 26.3. The van der Waals surface area contributed by atoms with Crippen LogP contribution in [0.3, 0.4) is 0 Å². The fourth-order valence-electron chi connectivity index (χ4n) is 3.94. The number of nitrogens with zero attached hydrogens (tertiary/aromatic N) is 1. The highest BCUT2D eigenvalue weighted by molar-refractivity contribution is 7.92. The summed E-state index contributed by atoms with van der Waals surface area (Å²) in [4.78, 5) is 25.6. The summed E-state index contributed by atoms with van der Waals surface area (Å²) in [5.41, 5.74) is 4.18.